The number of benzene rings is 2. The molecule has 25 heavy (non-hydrogen) atoms. The van der Waals surface area contributed by atoms with Gasteiger partial charge in [-0.1, -0.05) is 30.3 Å². The molecule has 0 saturated heterocycles. The number of nitrogens with zero attached hydrogens (tertiary/aromatic N) is 1. The maximum Gasteiger partial charge on any atom is 0.573 e. The molecule has 0 bridgehead atoms. The molecule has 2 aromatic carbocycles. The average Bonchev–Trinajstić information content (AvgIpc) is 2.53. The minimum absolute atomic E-state index is 0.259. The molecule has 1 atom stereocenters. The van der Waals surface area contributed by atoms with Crippen molar-refractivity contribution in [2.75, 3.05) is 13.2 Å². The van der Waals surface area contributed by atoms with E-state index in [-0.39, 0.29) is 5.75 Å². The maximum absolute atomic E-state index is 12.4. The summed E-state index contributed by atoms with van der Waals surface area (Å²) in [6.45, 7) is 2.59. The van der Waals surface area contributed by atoms with Crippen LogP contribution in [0.1, 0.15) is 12.5 Å². The van der Waals surface area contributed by atoms with Crippen molar-refractivity contribution >= 4 is 5.84 Å². The summed E-state index contributed by atoms with van der Waals surface area (Å²) in [5.74, 6) is 0.157. The van der Waals surface area contributed by atoms with Crippen LogP contribution in [0, 0.1) is 0 Å². The SMILES string of the molecule is CC1(c2cccc(-c3cccc(OC(F)(F)F)c3)c2)COCC(N)=N1. The van der Waals surface area contributed by atoms with Gasteiger partial charge in [-0.3, -0.25) is 4.99 Å². The summed E-state index contributed by atoms with van der Waals surface area (Å²) in [4.78, 5) is 4.48. The molecule has 1 aliphatic rings. The van der Waals surface area contributed by atoms with Crippen molar-refractivity contribution in [2.24, 2.45) is 10.7 Å². The molecule has 0 amide bonds. The van der Waals surface area contributed by atoms with Gasteiger partial charge in [0.1, 0.15) is 23.7 Å². The highest BCUT2D eigenvalue weighted by Crippen LogP contribution is 2.33. The Morgan fingerprint density at radius 1 is 1.12 bits per heavy atom. The molecule has 0 spiro atoms. The van der Waals surface area contributed by atoms with Crippen molar-refractivity contribution in [1.29, 1.82) is 0 Å². The second-order valence-electron chi connectivity index (χ2n) is 6.03. The minimum atomic E-state index is -4.72. The molecule has 1 unspecified atom stereocenters. The van der Waals surface area contributed by atoms with Gasteiger partial charge in [0.15, 0.2) is 0 Å². The van der Waals surface area contributed by atoms with Gasteiger partial charge in [-0.05, 0) is 41.8 Å². The average molecular weight is 350 g/mol. The van der Waals surface area contributed by atoms with E-state index in [0.717, 1.165) is 11.1 Å². The Morgan fingerprint density at radius 3 is 2.48 bits per heavy atom. The molecule has 0 fully saturated rings. The molecular weight excluding hydrogens is 333 g/mol. The normalized spacial score (nSPS) is 20.9. The van der Waals surface area contributed by atoms with Crippen LogP contribution in [-0.2, 0) is 10.3 Å². The van der Waals surface area contributed by atoms with Crippen molar-refractivity contribution < 1.29 is 22.6 Å². The fourth-order valence-corrected chi connectivity index (χ4v) is 2.79. The van der Waals surface area contributed by atoms with E-state index in [9.17, 15) is 13.2 Å². The first kappa shape index (κ1) is 17.3. The summed E-state index contributed by atoms with van der Waals surface area (Å²) in [7, 11) is 0. The number of hydrogen-bond acceptors (Lipinski definition) is 4. The Labute approximate surface area is 143 Å². The zero-order chi connectivity index (χ0) is 18.1. The molecule has 2 aromatic rings. The highest BCUT2D eigenvalue weighted by molar-refractivity contribution is 5.82. The van der Waals surface area contributed by atoms with Crippen LogP contribution in [0.5, 0.6) is 5.75 Å². The molecule has 4 nitrogen and oxygen atoms in total. The predicted octanol–water partition coefficient (Wildman–Crippen LogP) is 3.85. The Morgan fingerprint density at radius 2 is 1.80 bits per heavy atom. The summed E-state index contributed by atoms with van der Waals surface area (Å²) < 4.78 is 46.7. The Bertz CT molecular complexity index is 805. The topological polar surface area (TPSA) is 56.8 Å². The number of alkyl halides is 3. The Kier molecular flexibility index (Phi) is 4.43. The predicted molar refractivity (Wildman–Crippen MR) is 88.4 cm³/mol. The smallest absolute Gasteiger partial charge is 0.406 e. The number of aliphatic imine (C=N–C) groups is 1. The highest BCUT2D eigenvalue weighted by atomic mass is 19.4. The second-order valence-corrected chi connectivity index (χ2v) is 6.03. The fourth-order valence-electron chi connectivity index (χ4n) is 2.79. The second kappa shape index (κ2) is 6.40. The van der Waals surface area contributed by atoms with Crippen LogP contribution in [-0.4, -0.2) is 25.4 Å². The van der Waals surface area contributed by atoms with Gasteiger partial charge in [0.05, 0.1) is 6.61 Å². The van der Waals surface area contributed by atoms with Crippen LogP contribution < -0.4 is 10.5 Å². The van der Waals surface area contributed by atoms with Gasteiger partial charge in [0.25, 0.3) is 0 Å². The molecule has 1 aliphatic heterocycles. The molecule has 1 heterocycles. The van der Waals surface area contributed by atoms with Crippen LogP contribution in [0.3, 0.4) is 0 Å². The molecule has 3 rings (SSSR count). The van der Waals surface area contributed by atoms with Gasteiger partial charge >= 0.3 is 6.36 Å². The van der Waals surface area contributed by atoms with Crippen molar-refractivity contribution in [1.82, 2.24) is 0 Å². The summed E-state index contributed by atoms with van der Waals surface area (Å²) in [6, 6.07) is 13.3. The lowest BCUT2D eigenvalue weighted by atomic mass is 9.90. The third-order valence-corrected chi connectivity index (χ3v) is 3.91. The van der Waals surface area contributed by atoms with Gasteiger partial charge in [0.2, 0.25) is 0 Å². The quantitative estimate of drug-likeness (QED) is 0.915. The van der Waals surface area contributed by atoms with E-state index in [4.69, 9.17) is 10.5 Å². The molecule has 132 valence electrons. The number of rotatable bonds is 3. The third kappa shape index (κ3) is 4.11. The van der Waals surface area contributed by atoms with Crippen LogP contribution in [0.25, 0.3) is 11.1 Å². The van der Waals surface area contributed by atoms with E-state index in [0.29, 0.717) is 24.6 Å². The van der Waals surface area contributed by atoms with E-state index in [2.05, 4.69) is 9.73 Å². The number of nitrogens with two attached hydrogens (primary N) is 1. The van der Waals surface area contributed by atoms with Crippen molar-refractivity contribution in [3.63, 3.8) is 0 Å². The van der Waals surface area contributed by atoms with Crippen LogP contribution in [0.15, 0.2) is 53.5 Å². The maximum atomic E-state index is 12.4. The van der Waals surface area contributed by atoms with E-state index in [1.165, 1.54) is 18.2 Å². The number of ether oxygens (including phenoxy) is 2. The van der Waals surface area contributed by atoms with Crippen molar-refractivity contribution in [3.05, 3.63) is 54.1 Å². The molecule has 2 N–H and O–H groups in total. The molecule has 7 heteroatoms. The highest BCUT2D eigenvalue weighted by Gasteiger charge is 2.31. The van der Waals surface area contributed by atoms with E-state index < -0.39 is 11.9 Å². The lowest BCUT2D eigenvalue weighted by molar-refractivity contribution is -0.274. The van der Waals surface area contributed by atoms with Crippen LogP contribution in [0.4, 0.5) is 13.2 Å². The van der Waals surface area contributed by atoms with Gasteiger partial charge in [-0.25, -0.2) is 0 Å². The molecule has 0 aromatic heterocycles. The largest absolute Gasteiger partial charge is 0.573 e. The summed E-state index contributed by atoms with van der Waals surface area (Å²) in [5, 5.41) is 0. The summed E-state index contributed by atoms with van der Waals surface area (Å²) in [5.41, 5.74) is 7.39. The Balaban J connectivity index is 1.95. The fraction of sp³-hybridized carbons (Fsp3) is 0.278. The first-order valence-electron chi connectivity index (χ1n) is 7.64. The Hall–Kier alpha value is -2.54. The lowest BCUT2D eigenvalue weighted by Crippen LogP contribution is -2.37. The minimum Gasteiger partial charge on any atom is -0.406 e. The summed E-state index contributed by atoms with van der Waals surface area (Å²) >= 11 is 0. The van der Waals surface area contributed by atoms with E-state index >= 15 is 0 Å². The zero-order valence-electron chi connectivity index (χ0n) is 13.5. The van der Waals surface area contributed by atoms with Gasteiger partial charge in [0, 0.05) is 0 Å². The van der Waals surface area contributed by atoms with E-state index in [1.807, 2.05) is 31.2 Å². The third-order valence-electron chi connectivity index (χ3n) is 3.91. The summed E-state index contributed by atoms with van der Waals surface area (Å²) in [6.07, 6.45) is -4.72. The van der Waals surface area contributed by atoms with Crippen molar-refractivity contribution in [3.8, 4) is 16.9 Å². The first-order chi connectivity index (χ1) is 11.8. The molecular formula is C18H17F3N2O2. The van der Waals surface area contributed by atoms with Crippen molar-refractivity contribution in [2.45, 2.75) is 18.8 Å². The lowest BCUT2D eigenvalue weighted by Gasteiger charge is -2.30. The monoisotopic (exact) mass is 350 g/mol. The molecule has 0 aliphatic carbocycles. The van der Waals surface area contributed by atoms with Crippen LogP contribution >= 0.6 is 0 Å². The standard InChI is InChI=1S/C18H17F3N2O2/c1-17(11-24-10-16(22)23-17)14-6-2-4-12(8-14)13-5-3-7-15(9-13)25-18(19,20)21/h2-9H,10-11H2,1H3,(H2,22,23). The number of halogens is 3. The number of amidine groups is 1. The van der Waals surface area contributed by atoms with Gasteiger partial charge in [-0.15, -0.1) is 13.2 Å². The zero-order valence-corrected chi connectivity index (χ0v) is 13.5. The molecule has 0 radical (unpaired) electrons. The first-order valence-corrected chi connectivity index (χ1v) is 7.64. The molecule has 0 saturated carbocycles. The van der Waals surface area contributed by atoms with Gasteiger partial charge < -0.3 is 15.2 Å². The van der Waals surface area contributed by atoms with E-state index in [1.54, 1.807) is 6.07 Å². The van der Waals surface area contributed by atoms with Crippen LogP contribution in [0.2, 0.25) is 0 Å². The number of hydrogen-bond donors (Lipinski definition) is 1. The van der Waals surface area contributed by atoms with Gasteiger partial charge in [-0.2, -0.15) is 0 Å².